The van der Waals surface area contributed by atoms with Gasteiger partial charge >= 0.3 is 0 Å². The van der Waals surface area contributed by atoms with Gasteiger partial charge in [-0.25, -0.2) is 0 Å². The summed E-state index contributed by atoms with van der Waals surface area (Å²) in [6, 6.07) is 4.76. The van der Waals surface area contributed by atoms with Gasteiger partial charge in [-0.1, -0.05) is 0 Å². The van der Waals surface area contributed by atoms with Gasteiger partial charge in [0.05, 0.1) is 13.2 Å². The normalized spacial score (nSPS) is 11.9. The Morgan fingerprint density at radius 3 is 2.71 bits per heavy atom. The molecule has 2 N–H and O–H groups in total. The topological polar surface area (TPSA) is 76.0 Å². The smallest absolute Gasteiger partial charge is 0.161 e. The maximum Gasteiger partial charge on any atom is 0.161 e. The van der Waals surface area contributed by atoms with Crippen LogP contribution in [0, 0.1) is 0 Å². The number of rotatable bonds is 7. The summed E-state index contributed by atoms with van der Waals surface area (Å²) in [5.41, 5.74) is 0.489. The lowest BCUT2D eigenvalue weighted by atomic mass is 10.2. The summed E-state index contributed by atoms with van der Waals surface area (Å²) in [4.78, 5) is 10.6. The van der Waals surface area contributed by atoms with Crippen molar-refractivity contribution < 1.29 is 24.5 Å². The Morgan fingerprint density at radius 2 is 2.12 bits per heavy atom. The van der Waals surface area contributed by atoms with E-state index in [1.54, 1.807) is 18.2 Å². The van der Waals surface area contributed by atoms with Crippen molar-refractivity contribution >= 4 is 6.29 Å². The van der Waals surface area contributed by atoms with E-state index in [4.69, 9.17) is 19.7 Å². The summed E-state index contributed by atoms with van der Waals surface area (Å²) in [5, 5.41) is 17.8. The average Bonchev–Trinajstić information content (AvgIpc) is 2.37. The number of hydrogen-bond acceptors (Lipinski definition) is 5. The monoisotopic (exact) mass is 240 g/mol. The number of aliphatic hydroxyl groups is 2. The largest absolute Gasteiger partial charge is 0.490 e. The number of benzene rings is 1. The summed E-state index contributed by atoms with van der Waals surface area (Å²) >= 11 is 0. The molecule has 0 aromatic heterocycles. The quantitative estimate of drug-likeness (QED) is 0.684. The Bertz CT molecular complexity index is 364. The van der Waals surface area contributed by atoms with Gasteiger partial charge in [0.15, 0.2) is 11.5 Å². The zero-order valence-electron chi connectivity index (χ0n) is 9.63. The van der Waals surface area contributed by atoms with Crippen LogP contribution in [-0.4, -0.2) is 42.4 Å². The number of carbonyl (C=O) groups is 1. The number of ether oxygens (including phenoxy) is 2. The highest BCUT2D eigenvalue weighted by Gasteiger charge is 2.09. The van der Waals surface area contributed by atoms with E-state index in [2.05, 4.69) is 0 Å². The van der Waals surface area contributed by atoms with Gasteiger partial charge in [0, 0.05) is 5.56 Å². The summed E-state index contributed by atoms with van der Waals surface area (Å²) in [7, 11) is 0. The van der Waals surface area contributed by atoms with Crippen LogP contribution in [0.25, 0.3) is 0 Å². The van der Waals surface area contributed by atoms with Crippen LogP contribution in [0.3, 0.4) is 0 Å². The Kier molecular flexibility index (Phi) is 5.45. The van der Waals surface area contributed by atoms with E-state index in [9.17, 15) is 4.79 Å². The minimum absolute atomic E-state index is 0.0307. The summed E-state index contributed by atoms with van der Waals surface area (Å²) < 4.78 is 10.6. The van der Waals surface area contributed by atoms with Gasteiger partial charge in [0.25, 0.3) is 0 Å². The fourth-order valence-corrected chi connectivity index (χ4v) is 1.22. The van der Waals surface area contributed by atoms with Gasteiger partial charge in [-0.05, 0) is 25.1 Å². The molecule has 0 heterocycles. The molecule has 1 rings (SSSR count). The molecular weight excluding hydrogens is 224 g/mol. The van der Waals surface area contributed by atoms with E-state index in [1.807, 2.05) is 6.92 Å². The van der Waals surface area contributed by atoms with Crippen LogP contribution < -0.4 is 9.47 Å². The van der Waals surface area contributed by atoms with Crippen molar-refractivity contribution in [2.75, 3.05) is 19.8 Å². The fraction of sp³-hybridized carbons (Fsp3) is 0.417. The Balaban J connectivity index is 2.78. The summed E-state index contributed by atoms with van der Waals surface area (Å²) in [5.74, 6) is 0.882. The van der Waals surface area contributed by atoms with E-state index in [0.29, 0.717) is 23.7 Å². The third-order valence-corrected chi connectivity index (χ3v) is 2.05. The van der Waals surface area contributed by atoms with Gasteiger partial charge in [-0.15, -0.1) is 0 Å². The van der Waals surface area contributed by atoms with Crippen LogP contribution in [0.1, 0.15) is 17.3 Å². The third kappa shape index (κ3) is 4.05. The van der Waals surface area contributed by atoms with Crippen molar-refractivity contribution in [3.05, 3.63) is 23.8 Å². The zero-order valence-corrected chi connectivity index (χ0v) is 9.63. The van der Waals surface area contributed by atoms with Crippen molar-refractivity contribution in [3.63, 3.8) is 0 Å². The van der Waals surface area contributed by atoms with Gasteiger partial charge in [-0.3, -0.25) is 4.79 Å². The van der Waals surface area contributed by atoms with Gasteiger partial charge in [0.1, 0.15) is 19.0 Å². The maximum absolute atomic E-state index is 10.6. The van der Waals surface area contributed by atoms with Crippen molar-refractivity contribution in [2.45, 2.75) is 13.0 Å². The van der Waals surface area contributed by atoms with Crippen molar-refractivity contribution in [1.82, 2.24) is 0 Å². The van der Waals surface area contributed by atoms with Gasteiger partial charge in [0.2, 0.25) is 0 Å². The minimum Gasteiger partial charge on any atom is -0.490 e. The Labute approximate surface area is 99.6 Å². The highest BCUT2D eigenvalue weighted by Crippen LogP contribution is 2.28. The first-order valence-electron chi connectivity index (χ1n) is 5.35. The van der Waals surface area contributed by atoms with Crippen LogP contribution in [0.5, 0.6) is 11.5 Å². The van der Waals surface area contributed by atoms with Crippen LogP contribution in [0.15, 0.2) is 18.2 Å². The second-order valence-corrected chi connectivity index (χ2v) is 3.40. The molecule has 0 saturated heterocycles. The lowest BCUT2D eigenvalue weighted by Crippen LogP contribution is -2.21. The molecule has 0 aliphatic heterocycles. The SMILES string of the molecule is CCOc1cc(C=O)ccc1OCC(O)CO. The van der Waals surface area contributed by atoms with Crippen molar-refractivity contribution in [2.24, 2.45) is 0 Å². The fourth-order valence-electron chi connectivity index (χ4n) is 1.22. The molecule has 1 aromatic rings. The van der Waals surface area contributed by atoms with Crippen LogP contribution >= 0.6 is 0 Å². The zero-order chi connectivity index (χ0) is 12.7. The first-order chi connectivity index (χ1) is 8.21. The van der Waals surface area contributed by atoms with Crippen molar-refractivity contribution in [3.8, 4) is 11.5 Å². The lowest BCUT2D eigenvalue weighted by molar-refractivity contribution is 0.0525. The molecule has 94 valence electrons. The molecule has 1 aromatic carbocycles. The first-order valence-corrected chi connectivity index (χ1v) is 5.35. The Hall–Kier alpha value is -1.59. The molecule has 1 atom stereocenters. The molecule has 5 nitrogen and oxygen atoms in total. The second kappa shape index (κ2) is 6.88. The molecule has 0 saturated carbocycles. The van der Waals surface area contributed by atoms with E-state index >= 15 is 0 Å². The summed E-state index contributed by atoms with van der Waals surface area (Å²) in [6.45, 7) is 1.87. The molecule has 0 fully saturated rings. The molecule has 1 unspecified atom stereocenters. The average molecular weight is 240 g/mol. The van der Waals surface area contributed by atoms with E-state index in [0.717, 1.165) is 6.29 Å². The molecule has 0 spiro atoms. The van der Waals surface area contributed by atoms with Crippen molar-refractivity contribution in [1.29, 1.82) is 0 Å². The predicted octanol–water partition coefficient (Wildman–Crippen LogP) is 0.630. The first kappa shape index (κ1) is 13.5. The molecule has 0 aliphatic carbocycles. The lowest BCUT2D eigenvalue weighted by Gasteiger charge is -2.14. The maximum atomic E-state index is 10.6. The minimum atomic E-state index is -0.935. The molecule has 0 aliphatic rings. The summed E-state index contributed by atoms with van der Waals surface area (Å²) in [6.07, 6.45) is -0.218. The van der Waals surface area contributed by atoms with Gasteiger partial charge < -0.3 is 19.7 Å². The van der Waals surface area contributed by atoms with Gasteiger partial charge in [-0.2, -0.15) is 0 Å². The molecule has 17 heavy (non-hydrogen) atoms. The van der Waals surface area contributed by atoms with E-state index < -0.39 is 6.10 Å². The number of hydrogen-bond donors (Lipinski definition) is 2. The van der Waals surface area contributed by atoms with Crippen LogP contribution in [0.2, 0.25) is 0 Å². The molecule has 0 amide bonds. The van der Waals surface area contributed by atoms with Crippen LogP contribution in [-0.2, 0) is 0 Å². The number of carbonyl (C=O) groups excluding carboxylic acids is 1. The standard InChI is InChI=1S/C12H16O5/c1-2-16-12-5-9(6-13)3-4-11(12)17-8-10(15)7-14/h3-6,10,14-15H,2,7-8H2,1H3. The molecule has 5 heteroatoms. The molecule has 0 bridgehead atoms. The Morgan fingerprint density at radius 1 is 1.35 bits per heavy atom. The van der Waals surface area contributed by atoms with E-state index in [1.165, 1.54) is 0 Å². The molecular formula is C12H16O5. The van der Waals surface area contributed by atoms with E-state index in [-0.39, 0.29) is 13.2 Å². The number of aldehydes is 1. The third-order valence-electron chi connectivity index (χ3n) is 2.05. The molecule has 0 radical (unpaired) electrons. The second-order valence-electron chi connectivity index (χ2n) is 3.40. The highest BCUT2D eigenvalue weighted by molar-refractivity contribution is 5.76. The van der Waals surface area contributed by atoms with Crippen LogP contribution in [0.4, 0.5) is 0 Å². The number of aliphatic hydroxyl groups excluding tert-OH is 2. The highest BCUT2D eigenvalue weighted by atomic mass is 16.5. The predicted molar refractivity (Wildman–Crippen MR) is 61.6 cm³/mol.